The first-order valence-corrected chi connectivity index (χ1v) is 5.81. The van der Waals surface area contributed by atoms with Gasteiger partial charge in [-0.05, 0) is 6.42 Å². The molecule has 0 heterocycles. The minimum atomic E-state index is -6.85. The van der Waals surface area contributed by atoms with Gasteiger partial charge in [0.2, 0.25) is 0 Å². The van der Waals surface area contributed by atoms with Crippen LogP contribution in [0.2, 0.25) is 0 Å². The van der Waals surface area contributed by atoms with Crippen LogP contribution in [-0.4, -0.2) is 43.8 Å². The smallest absolute Gasteiger partial charge is 0.460 e. The molecule has 132 valence electrons. The summed E-state index contributed by atoms with van der Waals surface area (Å²) in [6.45, 7) is 2.51. The molecule has 22 heavy (non-hydrogen) atoms. The molecular weight excluding hydrogens is 335 g/mol. The van der Waals surface area contributed by atoms with E-state index < -0.39 is 43.4 Å². The summed E-state index contributed by atoms with van der Waals surface area (Å²) in [5.41, 5.74) is 0. The summed E-state index contributed by atoms with van der Waals surface area (Å²) in [4.78, 5) is 0. The van der Waals surface area contributed by atoms with Crippen molar-refractivity contribution in [2.24, 2.45) is 0 Å². The van der Waals surface area contributed by atoms with Gasteiger partial charge in [-0.15, -0.1) is 0 Å². The first kappa shape index (κ1) is 20.9. The summed E-state index contributed by atoms with van der Waals surface area (Å²) in [7, 11) is 0. The maximum absolute atomic E-state index is 13.0. The molecule has 2 nitrogen and oxygen atoms in total. The fourth-order valence-corrected chi connectivity index (χ4v) is 1.25. The minimum absolute atomic E-state index is 0.0117. The normalized spacial score (nSPS) is 14.0. The molecule has 0 fully saturated rings. The molecule has 0 aromatic carbocycles. The molecule has 0 saturated heterocycles. The maximum Gasteiger partial charge on any atom is 0.460 e. The van der Waals surface area contributed by atoms with Gasteiger partial charge >= 0.3 is 23.9 Å². The predicted octanol–water partition coefficient (Wildman–Crippen LogP) is 4.41. The van der Waals surface area contributed by atoms with Crippen LogP contribution in [0.1, 0.15) is 12.8 Å². The average Bonchev–Trinajstić information content (AvgIpc) is 2.35. The van der Waals surface area contributed by atoms with E-state index >= 15 is 0 Å². The van der Waals surface area contributed by atoms with Crippen molar-refractivity contribution in [1.82, 2.24) is 0 Å². The topological polar surface area (TPSA) is 18.5 Å². The lowest BCUT2D eigenvalue weighted by atomic mass is 10.00. The number of ether oxygens (including phenoxy) is 2. The summed E-state index contributed by atoms with van der Waals surface area (Å²) in [5.74, 6) is -19.0. The van der Waals surface area contributed by atoms with Gasteiger partial charge in [0.1, 0.15) is 6.61 Å². The lowest BCUT2D eigenvalue weighted by molar-refractivity contribution is -0.396. The molecule has 0 aliphatic heterocycles. The quantitative estimate of drug-likeness (QED) is 0.331. The Bertz CT molecular complexity index is 352. The monoisotopic (exact) mass is 348 g/mol. The molecule has 0 aliphatic carbocycles. The largest absolute Gasteiger partial charge is 0.499 e. The number of rotatable bonds is 10. The van der Waals surface area contributed by atoms with Crippen LogP contribution in [0, 0.1) is 0 Å². The van der Waals surface area contributed by atoms with Crippen molar-refractivity contribution in [1.29, 1.82) is 0 Å². The van der Waals surface area contributed by atoms with E-state index in [2.05, 4.69) is 16.1 Å². The SMILES string of the molecule is C=COCCOCCCC(F)(F)C(F)(F)C(F)(F)C(F)(F)F. The van der Waals surface area contributed by atoms with E-state index in [1.165, 1.54) is 0 Å². The van der Waals surface area contributed by atoms with Gasteiger partial charge in [0, 0.05) is 13.0 Å². The second-order valence-corrected chi connectivity index (χ2v) is 4.10. The van der Waals surface area contributed by atoms with E-state index in [1.54, 1.807) is 0 Å². The lowest BCUT2D eigenvalue weighted by Gasteiger charge is -2.33. The van der Waals surface area contributed by atoms with Crippen LogP contribution in [0.25, 0.3) is 0 Å². The molecule has 0 aliphatic rings. The molecule has 0 rings (SSSR count). The van der Waals surface area contributed by atoms with Gasteiger partial charge in [0.15, 0.2) is 0 Å². The average molecular weight is 348 g/mol. The number of halogens is 9. The second-order valence-electron chi connectivity index (χ2n) is 4.10. The van der Waals surface area contributed by atoms with Crippen LogP contribution in [0.3, 0.4) is 0 Å². The highest BCUT2D eigenvalue weighted by Crippen LogP contribution is 2.54. The summed E-state index contributed by atoms with van der Waals surface area (Å²) in [6, 6.07) is 0. The van der Waals surface area contributed by atoms with Crippen molar-refractivity contribution in [3.05, 3.63) is 12.8 Å². The Kier molecular flexibility index (Phi) is 7.04. The minimum Gasteiger partial charge on any atom is -0.499 e. The van der Waals surface area contributed by atoms with Gasteiger partial charge in [0.05, 0.1) is 12.9 Å². The van der Waals surface area contributed by atoms with Crippen LogP contribution in [0.5, 0.6) is 0 Å². The van der Waals surface area contributed by atoms with Crippen molar-refractivity contribution in [2.45, 2.75) is 36.8 Å². The summed E-state index contributed by atoms with van der Waals surface area (Å²) >= 11 is 0. The van der Waals surface area contributed by atoms with Crippen molar-refractivity contribution in [2.75, 3.05) is 19.8 Å². The fourth-order valence-electron chi connectivity index (χ4n) is 1.25. The summed E-state index contributed by atoms with van der Waals surface area (Å²) < 4.78 is 121. The van der Waals surface area contributed by atoms with E-state index in [0.717, 1.165) is 6.26 Å². The van der Waals surface area contributed by atoms with Gasteiger partial charge in [0.25, 0.3) is 0 Å². The van der Waals surface area contributed by atoms with Gasteiger partial charge in [-0.1, -0.05) is 6.58 Å². The van der Waals surface area contributed by atoms with Crippen molar-refractivity contribution in [3.8, 4) is 0 Å². The van der Waals surface area contributed by atoms with Crippen molar-refractivity contribution >= 4 is 0 Å². The Morgan fingerprint density at radius 3 is 1.77 bits per heavy atom. The number of hydrogen-bond donors (Lipinski definition) is 0. The molecule has 0 bridgehead atoms. The molecular formula is C11H13F9O2. The molecule has 0 radical (unpaired) electrons. The van der Waals surface area contributed by atoms with Crippen LogP contribution in [0.15, 0.2) is 12.8 Å². The highest BCUT2D eigenvalue weighted by atomic mass is 19.4. The maximum atomic E-state index is 13.0. The zero-order chi connectivity index (χ0) is 17.7. The number of alkyl halides is 9. The second kappa shape index (κ2) is 7.42. The third-order valence-electron chi connectivity index (χ3n) is 2.45. The Morgan fingerprint density at radius 2 is 1.32 bits per heavy atom. The molecule has 0 aromatic heterocycles. The Morgan fingerprint density at radius 1 is 0.773 bits per heavy atom. The molecule has 0 atom stereocenters. The van der Waals surface area contributed by atoms with Gasteiger partial charge in [-0.3, -0.25) is 0 Å². The molecule has 11 heteroatoms. The van der Waals surface area contributed by atoms with Crippen LogP contribution in [0.4, 0.5) is 39.5 Å². The highest BCUT2D eigenvalue weighted by Gasteiger charge is 2.81. The lowest BCUT2D eigenvalue weighted by Crippen LogP contribution is -2.60. The zero-order valence-corrected chi connectivity index (χ0v) is 11.0. The molecule has 0 amide bonds. The molecule has 0 spiro atoms. The summed E-state index contributed by atoms with van der Waals surface area (Å²) in [5, 5.41) is 0. The Labute approximate surface area is 119 Å². The zero-order valence-electron chi connectivity index (χ0n) is 11.0. The van der Waals surface area contributed by atoms with Crippen molar-refractivity contribution in [3.63, 3.8) is 0 Å². The number of hydrogen-bond acceptors (Lipinski definition) is 2. The van der Waals surface area contributed by atoms with E-state index in [-0.39, 0.29) is 13.2 Å². The highest BCUT2D eigenvalue weighted by molar-refractivity contribution is 5.00. The van der Waals surface area contributed by atoms with Crippen LogP contribution >= 0.6 is 0 Å². The Balaban J connectivity index is 4.56. The van der Waals surface area contributed by atoms with Crippen LogP contribution in [-0.2, 0) is 9.47 Å². The van der Waals surface area contributed by atoms with Crippen LogP contribution < -0.4 is 0 Å². The van der Waals surface area contributed by atoms with Gasteiger partial charge in [-0.25, -0.2) is 0 Å². The van der Waals surface area contributed by atoms with Crippen molar-refractivity contribution < 1.29 is 49.0 Å². The first-order valence-electron chi connectivity index (χ1n) is 5.81. The third-order valence-corrected chi connectivity index (χ3v) is 2.45. The van der Waals surface area contributed by atoms with E-state index in [1.807, 2.05) is 0 Å². The Hall–Kier alpha value is -1.13. The van der Waals surface area contributed by atoms with E-state index in [9.17, 15) is 39.5 Å². The van der Waals surface area contributed by atoms with Gasteiger partial charge < -0.3 is 9.47 Å². The molecule has 0 N–H and O–H groups in total. The molecule has 0 unspecified atom stereocenters. The standard InChI is InChI=1S/C11H13F9O2/c1-2-21-6-7-22-5-3-4-8(12,13)9(14,15)10(16,17)11(18,19)20/h2H,1,3-7H2. The molecule has 0 aromatic rings. The fraction of sp³-hybridized carbons (Fsp3) is 0.818. The first-order chi connectivity index (χ1) is 9.81. The van der Waals surface area contributed by atoms with Gasteiger partial charge in [-0.2, -0.15) is 39.5 Å². The summed E-state index contributed by atoms with van der Waals surface area (Å²) in [6.07, 6.45) is -8.48. The molecule has 0 saturated carbocycles. The predicted molar refractivity (Wildman–Crippen MR) is 57.1 cm³/mol. The van der Waals surface area contributed by atoms with E-state index in [4.69, 9.17) is 0 Å². The third kappa shape index (κ3) is 4.68. The van der Waals surface area contributed by atoms with E-state index in [0.29, 0.717) is 0 Å².